The topological polar surface area (TPSA) is 39.1 Å². The molecule has 0 atom stereocenters. The summed E-state index contributed by atoms with van der Waals surface area (Å²) in [4.78, 5) is 4.09. The molecule has 0 radical (unpaired) electrons. The van der Waals surface area contributed by atoms with Crippen LogP contribution >= 0.6 is 11.6 Å². The third-order valence-corrected chi connectivity index (χ3v) is 3.71. The molecule has 0 spiro atoms. The highest BCUT2D eigenvalue weighted by atomic mass is 35.5. The summed E-state index contributed by atoms with van der Waals surface area (Å²) < 4.78 is 7.87. The van der Waals surface area contributed by atoms with E-state index >= 15 is 0 Å². The number of nitrogens with zero attached hydrogens (tertiary/aromatic N) is 2. The van der Waals surface area contributed by atoms with E-state index in [0.717, 1.165) is 28.6 Å². The summed E-state index contributed by atoms with van der Waals surface area (Å²) in [5.41, 5.74) is 2.15. The number of benzene rings is 1. The van der Waals surface area contributed by atoms with Gasteiger partial charge in [0.05, 0.1) is 18.2 Å². The number of nitrogens with one attached hydrogen (secondary N) is 1. The Labute approximate surface area is 123 Å². The fourth-order valence-corrected chi connectivity index (χ4v) is 2.24. The molecular weight excluding hydrogens is 274 g/mol. The van der Waals surface area contributed by atoms with E-state index < -0.39 is 0 Å². The third-order valence-electron chi connectivity index (χ3n) is 3.47. The minimum atomic E-state index is 0.508. The second-order valence-electron chi connectivity index (χ2n) is 5.19. The minimum Gasteiger partial charge on any atom is -0.487 e. The van der Waals surface area contributed by atoms with Crippen LogP contribution in [0.2, 0.25) is 5.02 Å². The van der Waals surface area contributed by atoms with Crippen LogP contribution in [0.5, 0.6) is 5.75 Å². The number of hydrogen-bond donors (Lipinski definition) is 1. The zero-order valence-electron chi connectivity index (χ0n) is 11.5. The number of ether oxygens (including phenoxy) is 1. The van der Waals surface area contributed by atoms with E-state index in [0.29, 0.717) is 12.6 Å². The monoisotopic (exact) mass is 291 g/mol. The summed E-state index contributed by atoms with van der Waals surface area (Å²) in [5.74, 6) is 0.878. The van der Waals surface area contributed by atoms with Crippen LogP contribution in [0.3, 0.4) is 0 Å². The Hall–Kier alpha value is -1.52. The molecule has 0 bridgehead atoms. The third kappa shape index (κ3) is 3.32. The lowest BCUT2D eigenvalue weighted by Gasteiger charge is -2.13. The second-order valence-corrected chi connectivity index (χ2v) is 5.63. The fourth-order valence-electron chi connectivity index (χ4n) is 2.04. The maximum atomic E-state index is 6.08. The van der Waals surface area contributed by atoms with Gasteiger partial charge in [-0.1, -0.05) is 11.6 Å². The number of halogens is 1. The lowest BCUT2D eigenvalue weighted by atomic mass is 10.2. The van der Waals surface area contributed by atoms with Crippen molar-refractivity contribution in [1.82, 2.24) is 14.9 Å². The predicted octanol–water partition coefficient (Wildman–Crippen LogP) is 2.90. The van der Waals surface area contributed by atoms with Crippen LogP contribution in [0.25, 0.3) is 0 Å². The molecule has 1 aliphatic carbocycles. The van der Waals surface area contributed by atoms with Gasteiger partial charge in [-0.25, -0.2) is 4.98 Å². The summed E-state index contributed by atoms with van der Waals surface area (Å²) in [5, 5.41) is 4.23. The summed E-state index contributed by atoms with van der Waals surface area (Å²) in [6.45, 7) is 1.31. The van der Waals surface area contributed by atoms with Crippen molar-refractivity contribution in [3.05, 3.63) is 47.0 Å². The van der Waals surface area contributed by atoms with Gasteiger partial charge >= 0.3 is 0 Å². The van der Waals surface area contributed by atoms with Crippen molar-refractivity contribution in [2.45, 2.75) is 32.0 Å². The molecule has 1 aliphatic rings. The summed E-state index contributed by atoms with van der Waals surface area (Å²) in [6.07, 6.45) is 6.13. The normalized spacial score (nSPS) is 14.5. The standard InChI is InChI=1S/C15H18ClN3O/c1-19-10-17-8-14(19)9-20-15-5-2-12(16)6-11(15)7-18-13-3-4-13/h2,5-6,8,10,13,18H,3-4,7,9H2,1H3. The molecule has 5 heteroatoms. The molecule has 1 saturated carbocycles. The molecule has 3 rings (SSSR count). The van der Waals surface area contributed by atoms with Crippen molar-refractivity contribution in [3.63, 3.8) is 0 Å². The van der Waals surface area contributed by atoms with Crippen LogP contribution in [0.15, 0.2) is 30.7 Å². The molecule has 106 valence electrons. The maximum Gasteiger partial charge on any atom is 0.130 e. The van der Waals surface area contributed by atoms with Gasteiger partial charge in [0.25, 0.3) is 0 Å². The van der Waals surface area contributed by atoms with Crippen LogP contribution in [-0.2, 0) is 20.2 Å². The van der Waals surface area contributed by atoms with E-state index in [1.54, 1.807) is 6.33 Å². The molecule has 0 unspecified atom stereocenters. The highest BCUT2D eigenvalue weighted by molar-refractivity contribution is 6.30. The first-order valence-corrected chi connectivity index (χ1v) is 7.20. The quantitative estimate of drug-likeness (QED) is 0.889. The number of imidazole rings is 1. The average molecular weight is 292 g/mol. The summed E-state index contributed by atoms with van der Waals surface area (Å²) in [6, 6.07) is 6.43. The molecule has 1 N–H and O–H groups in total. The Balaban J connectivity index is 1.68. The SMILES string of the molecule is Cn1cncc1COc1ccc(Cl)cc1CNC1CC1. The largest absolute Gasteiger partial charge is 0.487 e. The van der Waals surface area contributed by atoms with E-state index in [4.69, 9.17) is 16.3 Å². The van der Waals surface area contributed by atoms with Gasteiger partial charge < -0.3 is 14.6 Å². The molecule has 0 amide bonds. The number of hydrogen-bond acceptors (Lipinski definition) is 3. The van der Waals surface area contributed by atoms with E-state index in [1.807, 2.05) is 36.0 Å². The molecular formula is C15H18ClN3O. The van der Waals surface area contributed by atoms with E-state index in [2.05, 4.69) is 10.3 Å². The van der Waals surface area contributed by atoms with Crippen molar-refractivity contribution in [1.29, 1.82) is 0 Å². The van der Waals surface area contributed by atoms with Gasteiger partial charge in [0.1, 0.15) is 12.4 Å². The predicted molar refractivity (Wildman–Crippen MR) is 78.9 cm³/mol. The first-order valence-electron chi connectivity index (χ1n) is 6.82. The Morgan fingerprint density at radius 1 is 1.45 bits per heavy atom. The molecule has 20 heavy (non-hydrogen) atoms. The van der Waals surface area contributed by atoms with Crippen LogP contribution in [0.4, 0.5) is 0 Å². The fraction of sp³-hybridized carbons (Fsp3) is 0.400. The summed E-state index contributed by atoms with van der Waals surface area (Å²) >= 11 is 6.08. The summed E-state index contributed by atoms with van der Waals surface area (Å²) in [7, 11) is 1.96. The first kappa shape index (κ1) is 13.5. The number of aryl methyl sites for hydroxylation is 1. The van der Waals surface area contributed by atoms with Gasteiger partial charge in [-0.15, -0.1) is 0 Å². The van der Waals surface area contributed by atoms with E-state index in [1.165, 1.54) is 12.8 Å². The zero-order chi connectivity index (χ0) is 13.9. The Morgan fingerprint density at radius 2 is 2.30 bits per heavy atom. The molecule has 1 fully saturated rings. The Morgan fingerprint density at radius 3 is 3.00 bits per heavy atom. The van der Waals surface area contributed by atoms with Gasteiger partial charge in [-0.05, 0) is 31.0 Å². The van der Waals surface area contributed by atoms with Gasteiger partial charge in [-0.3, -0.25) is 0 Å². The highest BCUT2D eigenvalue weighted by Crippen LogP contribution is 2.26. The Bertz CT molecular complexity index is 593. The molecule has 2 aromatic rings. The Kier molecular flexibility index (Phi) is 3.94. The molecule has 4 nitrogen and oxygen atoms in total. The molecule has 1 aromatic carbocycles. The number of rotatable bonds is 6. The second kappa shape index (κ2) is 5.85. The van der Waals surface area contributed by atoms with Crippen molar-refractivity contribution in [2.24, 2.45) is 7.05 Å². The van der Waals surface area contributed by atoms with Crippen molar-refractivity contribution in [3.8, 4) is 5.75 Å². The van der Waals surface area contributed by atoms with Gasteiger partial charge in [0.2, 0.25) is 0 Å². The maximum absolute atomic E-state index is 6.08. The zero-order valence-corrected chi connectivity index (χ0v) is 12.2. The lowest BCUT2D eigenvalue weighted by Crippen LogP contribution is -2.16. The molecule has 0 aliphatic heterocycles. The van der Waals surface area contributed by atoms with Crippen LogP contribution in [0.1, 0.15) is 24.1 Å². The molecule has 0 saturated heterocycles. The van der Waals surface area contributed by atoms with Crippen molar-refractivity contribution < 1.29 is 4.74 Å². The molecule has 1 aromatic heterocycles. The van der Waals surface area contributed by atoms with Crippen LogP contribution in [0, 0.1) is 0 Å². The van der Waals surface area contributed by atoms with Crippen LogP contribution < -0.4 is 10.1 Å². The average Bonchev–Trinajstić information content (AvgIpc) is 3.18. The van der Waals surface area contributed by atoms with Crippen molar-refractivity contribution in [2.75, 3.05) is 0 Å². The van der Waals surface area contributed by atoms with Crippen LogP contribution in [-0.4, -0.2) is 15.6 Å². The molecule has 1 heterocycles. The van der Waals surface area contributed by atoms with E-state index in [-0.39, 0.29) is 0 Å². The first-order chi connectivity index (χ1) is 9.72. The highest BCUT2D eigenvalue weighted by Gasteiger charge is 2.20. The minimum absolute atomic E-state index is 0.508. The van der Waals surface area contributed by atoms with Crippen molar-refractivity contribution >= 4 is 11.6 Å². The van der Waals surface area contributed by atoms with Gasteiger partial charge in [-0.2, -0.15) is 0 Å². The van der Waals surface area contributed by atoms with E-state index in [9.17, 15) is 0 Å². The van der Waals surface area contributed by atoms with Gasteiger partial charge in [0.15, 0.2) is 0 Å². The number of aromatic nitrogens is 2. The van der Waals surface area contributed by atoms with Gasteiger partial charge in [0, 0.05) is 30.2 Å². The lowest BCUT2D eigenvalue weighted by molar-refractivity contribution is 0.293. The smallest absolute Gasteiger partial charge is 0.130 e.